The second-order valence-corrected chi connectivity index (χ2v) is 9.15. The number of hydrogen-bond acceptors (Lipinski definition) is 2. The first-order valence-electron chi connectivity index (χ1n) is 11.0. The van der Waals surface area contributed by atoms with Gasteiger partial charge in [0.25, 0.3) is 0 Å². The summed E-state index contributed by atoms with van der Waals surface area (Å²) < 4.78 is 11.5. The van der Waals surface area contributed by atoms with E-state index in [-0.39, 0.29) is 5.75 Å². The van der Waals surface area contributed by atoms with Gasteiger partial charge in [-0.1, -0.05) is 82.9 Å². The molecule has 0 bridgehead atoms. The van der Waals surface area contributed by atoms with Crippen LogP contribution in [0.3, 0.4) is 0 Å². The molecule has 1 rings (SSSR count). The Balaban J connectivity index is 1.89. The van der Waals surface area contributed by atoms with Crippen molar-refractivity contribution in [3.63, 3.8) is 0 Å². The molecule has 0 saturated heterocycles. The summed E-state index contributed by atoms with van der Waals surface area (Å²) in [5.74, 6) is 0.205. The molecule has 0 aliphatic heterocycles. The fourth-order valence-corrected chi connectivity index (χ4v) is 4.06. The summed E-state index contributed by atoms with van der Waals surface area (Å²) in [4.78, 5) is 0. The van der Waals surface area contributed by atoms with Gasteiger partial charge in [-0.15, -0.1) is 0 Å². The molecule has 0 radical (unpaired) electrons. The third kappa shape index (κ3) is 13.2. The molecule has 154 valence electrons. The Kier molecular flexibility index (Phi) is 15.7. The van der Waals surface area contributed by atoms with Gasteiger partial charge in [0.1, 0.15) is 5.75 Å². The zero-order valence-electron chi connectivity index (χ0n) is 17.2. The zero-order chi connectivity index (χ0) is 19.6. The Morgan fingerprint density at radius 2 is 1.37 bits per heavy atom. The fraction of sp³-hybridized carbons (Fsp3) is 0.667. The molecular weight excluding hydrogens is 447 g/mol. The minimum atomic E-state index is -1.27. The summed E-state index contributed by atoms with van der Waals surface area (Å²) in [5.41, 5.74) is 1.15. The SMILES string of the molecule is CCCCCCCCCCC=CCCCCCCc1ccc(I=O)c(O)c1. The van der Waals surface area contributed by atoms with E-state index in [0.29, 0.717) is 3.57 Å². The number of unbranched alkanes of at least 4 members (excludes halogenated alkanes) is 12. The van der Waals surface area contributed by atoms with Crippen LogP contribution in [0.4, 0.5) is 0 Å². The van der Waals surface area contributed by atoms with Crippen LogP contribution in [-0.4, -0.2) is 5.11 Å². The van der Waals surface area contributed by atoms with Gasteiger partial charge in [-0.3, -0.25) is 3.07 Å². The highest BCUT2D eigenvalue weighted by atomic mass is 127. The van der Waals surface area contributed by atoms with Crippen molar-refractivity contribution in [3.05, 3.63) is 39.5 Å². The van der Waals surface area contributed by atoms with E-state index >= 15 is 0 Å². The summed E-state index contributed by atoms with van der Waals surface area (Å²) in [6.45, 7) is 2.28. The molecule has 3 heteroatoms. The molecule has 0 unspecified atom stereocenters. The van der Waals surface area contributed by atoms with Gasteiger partial charge < -0.3 is 5.11 Å². The number of rotatable bonds is 17. The van der Waals surface area contributed by atoms with E-state index in [9.17, 15) is 8.18 Å². The summed E-state index contributed by atoms with van der Waals surface area (Å²) in [6, 6.07) is 5.59. The van der Waals surface area contributed by atoms with E-state index in [2.05, 4.69) is 19.1 Å². The van der Waals surface area contributed by atoms with Gasteiger partial charge in [-0.05, 0) is 56.2 Å². The average molecular weight is 486 g/mol. The molecule has 1 aromatic rings. The summed E-state index contributed by atoms with van der Waals surface area (Å²) >= 11 is -1.27. The Morgan fingerprint density at radius 3 is 1.93 bits per heavy atom. The van der Waals surface area contributed by atoms with Crippen LogP contribution in [0.25, 0.3) is 0 Å². The van der Waals surface area contributed by atoms with Crippen LogP contribution in [-0.2, 0) is 9.49 Å². The largest absolute Gasteiger partial charge is 0.507 e. The topological polar surface area (TPSA) is 37.3 Å². The molecule has 0 spiro atoms. The van der Waals surface area contributed by atoms with E-state index < -0.39 is 21.2 Å². The number of phenolic OH excluding ortho intramolecular Hbond substituents is 1. The van der Waals surface area contributed by atoms with Crippen LogP contribution in [0.2, 0.25) is 0 Å². The van der Waals surface area contributed by atoms with Crippen LogP contribution in [0.1, 0.15) is 102 Å². The number of halogens is 1. The Morgan fingerprint density at radius 1 is 0.815 bits per heavy atom. The Labute approximate surface area is 177 Å². The van der Waals surface area contributed by atoms with Crippen molar-refractivity contribution in [3.8, 4) is 5.75 Å². The highest BCUT2D eigenvalue weighted by molar-refractivity contribution is 14.1. The molecule has 0 aliphatic carbocycles. The van der Waals surface area contributed by atoms with Crippen molar-refractivity contribution < 1.29 is 8.18 Å². The van der Waals surface area contributed by atoms with Crippen molar-refractivity contribution >= 4 is 21.2 Å². The van der Waals surface area contributed by atoms with Crippen LogP contribution in [0.5, 0.6) is 5.75 Å². The zero-order valence-corrected chi connectivity index (χ0v) is 19.4. The summed E-state index contributed by atoms with van der Waals surface area (Å²) in [7, 11) is 0. The lowest BCUT2D eigenvalue weighted by Gasteiger charge is -2.03. The third-order valence-corrected chi connectivity index (χ3v) is 6.46. The van der Waals surface area contributed by atoms with E-state index in [0.717, 1.165) is 18.4 Å². The van der Waals surface area contributed by atoms with Crippen molar-refractivity contribution in [2.45, 2.75) is 103 Å². The molecule has 0 atom stereocenters. The predicted octanol–water partition coefficient (Wildman–Crippen LogP) is 8.46. The highest BCUT2D eigenvalue weighted by Gasteiger charge is 2.02. The molecular formula is C24H39IO2. The van der Waals surface area contributed by atoms with Crippen molar-refractivity contribution in [2.24, 2.45) is 0 Å². The standard InChI is InChI=1S/C24H39IO2/c1-2-3-4-5-6-7-8-9-10-11-12-13-14-15-16-17-18-22-19-20-23(25-27)24(26)21-22/h11-12,19-21,26H,2-10,13-18H2,1H3. The number of phenols is 1. The van der Waals surface area contributed by atoms with Crippen molar-refractivity contribution in [2.75, 3.05) is 0 Å². The molecule has 0 fully saturated rings. The summed E-state index contributed by atoms with van der Waals surface area (Å²) in [5, 5.41) is 9.75. The fourth-order valence-electron chi connectivity index (χ4n) is 3.36. The third-order valence-electron chi connectivity index (χ3n) is 5.07. The monoisotopic (exact) mass is 486 g/mol. The van der Waals surface area contributed by atoms with Crippen LogP contribution >= 0.6 is 21.2 Å². The molecule has 27 heavy (non-hydrogen) atoms. The number of allylic oxidation sites excluding steroid dienone is 2. The quantitative estimate of drug-likeness (QED) is 0.136. The van der Waals surface area contributed by atoms with E-state index in [4.69, 9.17) is 0 Å². The Bertz CT molecular complexity index is 525. The van der Waals surface area contributed by atoms with E-state index in [1.807, 2.05) is 12.1 Å². The summed E-state index contributed by atoms with van der Waals surface area (Å²) in [6.07, 6.45) is 24.3. The highest BCUT2D eigenvalue weighted by Crippen LogP contribution is 2.24. The molecule has 0 saturated carbocycles. The van der Waals surface area contributed by atoms with Gasteiger partial charge >= 0.3 is 0 Å². The van der Waals surface area contributed by atoms with Crippen LogP contribution in [0.15, 0.2) is 30.4 Å². The van der Waals surface area contributed by atoms with Crippen LogP contribution in [0, 0.1) is 3.57 Å². The van der Waals surface area contributed by atoms with Gasteiger partial charge in [0.15, 0.2) is 21.2 Å². The lowest BCUT2D eigenvalue weighted by molar-refractivity contribution is 0.470. The van der Waals surface area contributed by atoms with Gasteiger partial charge in [0, 0.05) is 0 Å². The van der Waals surface area contributed by atoms with E-state index in [1.165, 1.54) is 83.5 Å². The lowest BCUT2D eigenvalue weighted by atomic mass is 10.0. The maximum absolute atomic E-state index is 10.9. The first-order chi connectivity index (χ1) is 13.3. The van der Waals surface area contributed by atoms with E-state index in [1.54, 1.807) is 6.07 Å². The second-order valence-electron chi connectivity index (χ2n) is 7.55. The predicted molar refractivity (Wildman–Crippen MR) is 125 cm³/mol. The van der Waals surface area contributed by atoms with Crippen molar-refractivity contribution in [1.82, 2.24) is 0 Å². The molecule has 0 aliphatic rings. The molecule has 1 aromatic carbocycles. The van der Waals surface area contributed by atoms with Crippen molar-refractivity contribution in [1.29, 1.82) is 0 Å². The van der Waals surface area contributed by atoms with Crippen LogP contribution < -0.4 is 0 Å². The smallest absolute Gasteiger partial charge is 0.185 e. The second kappa shape index (κ2) is 17.4. The number of aromatic hydroxyl groups is 1. The molecule has 1 N–H and O–H groups in total. The molecule has 0 aromatic heterocycles. The maximum atomic E-state index is 10.9. The maximum Gasteiger partial charge on any atom is 0.185 e. The minimum absolute atomic E-state index is 0.205. The molecule has 0 amide bonds. The minimum Gasteiger partial charge on any atom is -0.507 e. The number of hydrogen-bond donors (Lipinski definition) is 1. The van der Waals surface area contributed by atoms with Gasteiger partial charge in [0.05, 0.1) is 3.57 Å². The molecule has 0 heterocycles. The average Bonchev–Trinajstić information content (AvgIpc) is 2.68. The first-order valence-corrected chi connectivity index (χ1v) is 13.0. The molecule has 2 nitrogen and oxygen atoms in total. The first kappa shape index (κ1) is 24.3. The van der Waals surface area contributed by atoms with Gasteiger partial charge in [-0.2, -0.15) is 0 Å². The normalized spacial score (nSPS) is 11.4. The Hall–Kier alpha value is -0.710. The number of benzene rings is 1. The van der Waals surface area contributed by atoms with Gasteiger partial charge in [0.2, 0.25) is 0 Å². The van der Waals surface area contributed by atoms with Gasteiger partial charge in [-0.25, -0.2) is 0 Å². The number of aryl methyl sites for hydroxylation is 1. The lowest BCUT2D eigenvalue weighted by Crippen LogP contribution is -1.87.